The van der Waals surface area contributed by atoms with Crippen LogP contribution in [0.2, 0.25) is 0 Å². The third-order valence-corrected chi connectivity index (χ3v) is 5.06. The summed E-state index contributed by atoms with van der Waals surface area (Å²) < 4.78 is 5.80. The van der Waals surface area contributed by atoms with Gasteiger partial charge in [-0.15, -0.1) is 11.8 Å². The summed E-state index contributed by atoms with van der Waals surface area (Å²) in [7, 11) is 0. The molecule has 0 bridgehead atoms. The molecule has 1 saturated heterocycles. The molecule has 0 amide bonds. The Labute approximate surface area is 134 Å². The van der Waals surface area contributed by atoms with Crippen molar-refractivity contribution in [3.8, 4) is 0 Å². The normalized spacial score (nSPS) is 23.2. The third-order valence-electron chi connectivity index (χ3n) is 4.04. The van der Waals surface area contributed by atoms with Crippen LogP contribution in [0.5, 0.6) is 0 Å². The Kier molecular flexibility index (Phi) is 6.15. The Morgan fingerprint density at radius 2 is 2.00 bits per heavy atom. The maximum atomic E-state index is 5.80. The predicted octanol–water partition coefficient (Wildman–Crippen LogP) is 4.35. The van der Waals surface area contributed by atoms with Crippen LogP contribution >= 0.6 is 11.8 Å². The van der Waals surface area contributed by atoms with E-state index < -0.39 is 0 Å². The first-order valence-electron chi connectivity index (χ1n) is 8.00. The molecular weight excluding hydrogens is 278 g/mol. The summed E-state index contributed by atoms with van der Waals surface area (Å²) in [5.74, 6) is 1.17. The van der Waals surface area contributed by atoms with Crippen LogP contribution < -0.4 is 5.32 Å². The van der Waals surface area contributed by atoms with Crippen molar-refractivity contribution in [1.82, 2.24) is 5.32 Å². The van der Waals surface area contributed by atoms with Crippen molar-refractivity contribution in [2.75, 3.05) is 25.5 Å². The first-order chi connectivity index (χ1) is 9.99. The van der Waals surface area contributed by atoms with E-state index in [9.17, 15) is 0 Å². The summed E-state index contributed by atoms with van der Waals surface area (Å²) >= 11 is 1.96. The number of rotatable bonds is 6. The molecule has 0 spiro atoms. The van der Waals surface area contributed by atoms with E-state index in [2.05, 4.69) is 56.4 Å². The van der Waals surface area contributed by atoms with E-state index in [-0.39, 0.29) is 5.54 Å². The molecule has 0 aliphatic carbocycles. The average molecular weight is 308 g/mol. The number of benzene rings is 1. The molecule has 0 aromatic heterocycles. The Morgan fingerprint density at radius 1 is 1.24 bits per heavy atom. The molecule has 2 rings (SSSR count). The van der Waals surface area contributed by atoms with Crippen LogP contribution in [-0.2, 0) is 4.74 Å². The Hall–Kier alpha value is -0.510. The quantitative estimate of drug-likeness (QED) is 0.789. The maximum Gasteiger partial charge on any atom is 0.0534 e. The molecular formula is C18H29NOS. The van der Waals surface area contributed by atoms with Crippen molar-refractivity contribution >= 4 is 11.8 Å². The molecule has 1 N–H and O–H groups in total. The van der Waals surface area contributed by atoms with Gasteiger partial charge < -0.3 is 10.1 Å². The second-order valence-electron chi connectivity index (χ2n) is 7.17. The molecule has 0 radical (unpaired) electrons. The van der Waals surface area contributed by atoms with E-state index in [1.807, 2.05) is 11.8 Å². The minimum Gasteiger partial charge on any atom is -0.381 e. The lowest BCUT2D eigenvalue weighted by molar-refractivity contribution is -0.0115. The molecule has 1 fully saturated rings. The first-order valence-corrected chi connectivity index (χ1v) is 8.98. The molecule has 1 aliphatic rings. The van der Waals surface area contributed by atoms with Crippen molar-refractivity contribution in [1.29, 1.82) is 0 Å². The smallest absolute Gasteiger partial charge is 0.0534 e. The number of ether oxygens (including phenoxy) is 1. The van der Waals surface area contributed by atoms with Gasteiger partial charge in [0.25, 0.3) is 0 Å². The number of thioether (sulfide) groups is 1. The standard InChI is InChI=1S/C18H29NOS/c1-17(2,3)19-14-18(10-7-12-20-15-18)11-13-21-16-8-5-4-6-9-16/h4-6,8-9,19H,7,10-15H2,1-3H3. The van der Waals surface area contributed by atoms with E-state index in [4.69, 9.17) is 4.74 Å². The van der Waals surface area contributed by atoms with Gasteiger partial charge in [-0.3, -0.25) is 0 Å². The largest absolute Gasteiger partial charge is 0.381 e. The predicted molar refractivity (Wildman–Crippen MR) is 92.0 cm³/mol. The zero-order valence-corrected chi connectivity index (χ0v) is 14.5. The second-order valence-corrected chi connectivity index (χ2v) is 8.34. The summed E-state index contributed by atoms with van der Waals surface area (Å²) in [6, 6.07) is 10.7. The van der Waals surface area contributed by atoms with Crippen molar-refractivity contribution in [3.63, 3.8) is 0 Å². The van der Waals surface area contributed by atoms with Gasteiger partial charge in [-0.2, -0.15) is 0 Å². The summed E-state index contributed by atoms with van der Waals surface area (Å²) in [5, 5.41) is 3.69. The first kappa shape index (κ1) is 16.9. The molecule has 118 valence electrons. The molecule has 0 saturated carbocycles. The lowest BCUT2D eigenvalue weighted by Gasteiger charge is -2.39. The van der Waals surface area contributed by atoms with E-state index in [0.29, 0.717) is 5.41 Å². The van der Waals surface area contributed by atoms with E-state index in [0.717, 1.165) is 19.8 Å². The van der Waals surface area contributed by atoms with Gasteiger partial charge in [0.05, 0.1) is 6.61 Å². The monoisotopic (exact) mass is 307 g/mol. The molecule has 2 nitrogen and oxygen atoms in total. The molecule has 1 heterocycles. The molecule has 1 aliphatic heterocycles. The molecule has 21 heavy (non-hydrogen) atoms. The highest BCUT2D eigenvalue weighted by molar-refractivity contribution is 7.99. The van der Waals surface area contributed by atoms with E-state index >= 15 is 0 Å². The maximum absolute atomic E-state index is 5.80. The van der Waals surface area contributed by atoms with Gasteiger partial charge in [0.15, 0.2) is 0 Å². The van der Waals surface area contributed by atoms with Crippen LogP contribution in [0.15, 0.2) is 35.2 Å². The SMILES string of the molecule is CC(C)(C)NCC1(CCSc2ccccc2)CCCOC1. The van der Waals surface area contributed by atoms with Crippen LogP contribution in [0.1, 0.15) is 40.0 Å². The fourth-order valence-corrected chi connectivity index (χ4v) is 3.81. The number of nitrogens with one attached hydrogen (secondary N) is 1. The lowest BCUT2D eigenvalue weighted by Crippen LogP contribution is -2.47. The summed E-state index contributed by atoms with van der Waals surface area (Å²) in [5.41, 5.74) is 0.490. The minimum atomic E-state index is 0.178. The second kappa shape index (κ2) is 7.66. The highest BCUT2D eigenvalue weighted by Crippen LogP contribution is 2.34. The Morgan fingerprint density at radius 3 is 2.62 bits per heavy atom. The van der Waals surface area contributed by atoms with E-state index in [1.54, 1.807) is 0 Å². The summed E-state index contributed by atoms with van der Waals surface area (Å²) in [6.45, 7) is 9.62. The fraction of sp³-hybridized carbons (Fsp3) is 0.667. The van der Waals surface area contributed by atoms with Gasteiger partial charge in [-0.1, -0.05) is 18.2 Å². The van der Waals surface area contributed by atoms with Crippen LogP contribution in [0.4, 0.5) is 0 Å². The average Bonchev–Trinajstić information content (AvgIpc) is 2.47. The number of hydrogen-bond donors (Lipinski definition) is 1. The molecule has 1 atom stereocenters. The van der Waals surface area contributed by atoms with Crippen molar-refractivity contribution in [2.24, 2.45) is 5.41 Å². The zero-order valence-electron chi connectivity index (χ0n) is 13.7. The van der Waals surface area contributed by atoms with Crippen molar-refractivity contribution < 1.29 is 4.74 Å². The lowest BCUT2D eigenvalue weighted by atomic mass is 9.79. The fourth-order valence-electron chi connectivity index (χ4n) is 2.69. The summed E-state index contributed by atoms with van der Waals surface area (Å²) in [6.07, 6.45) is 3.70. The van der Waals surface area contributed by atoms with Crippen LogP contribution in [0.25, 0.3) is 0 Å². The minimum absolute atomic E-state index is 0.178. The van der Waals surface area contributed by atoms with Crippen LogP contribution in [-0.4, -0.2) is 31.1 Å². The van der Waals surface area contributed by atoms with Crippen molar-refractivity contribution in [3.05, 3.63) is 30.3 Å². The van der Waals surface area contributed by atoms with Crippen LogP contribution in [0.3, 0.4) is 0 Å². The van der Waals surface area contributed by atoms with Gasteiger partial charge >= 0.3 is 0 Å². The molecule has 1 unspecified atom stereocenters. The summed E-state index contributed by atoms with van der Waals surface area (Å²) in [4.78, 5) is 1.37. The molecule has 3 heteroatoms. The van der Waals surface area contributed by atoms with Gasteiger partial charge in [0, 0.05) is 29.0 Å². The topological polar surface area (TPSA) is 21.3 Å². The van der Waals surface area contributed by atoms with Crippen LogP contribution in [0, 0.1) is 5.41 Å². The van der Waals surface area contributed by atoms with Gasteiger partial charge in [0.2, 0.25) is 0 Å². The van der Waals surface area contributed by atoms with Gasteiger partial charge in [-0.25, -0.2) is 0 Å². The van der Waals surface area contributed by atoms with Crippen molar-refractivity contribution in [2.45, 2.75) is 50.5 Å². The number of hydrogen-bond acceptors (Lipinski definition) is 3. The van der Waals surface area contributed by atoms with Gasteiger partial charge in [0.1, 0.15) is 0 Å². The third kappa shape index (κ3) is 6.01. The Balaban J connectivity index is 1.87. The molecule has 1 aromatic rings. The highest BCUT2D eigenvalue weighted by atomic mass is 32.2. The zero-order chi connectivity index (χ0) is 15.2. The van der Waals surface area contributed by atoms with E-state index in [1.165, 1.54) is 29.9 Å². The highest BCUT2D eigenvalue weighted by Gasteiger charge is 2.33. The Bertz CT molecular complexity index is 407. The molecule has 1 aromatic carbocycles. The van der Waals surface area contributed by atoms with Gasteiger partial charge in [-0.05, 0) is 57.9 Å².